The Labute approximate surface area is 374 Å². The smallest absolute Gasteiger partial charge is 0.425 e. The molecule has 2 heterocycles. The van der Waals surface area contributed by atoms with Gasteiger partial charge in [0, 0.05) is 54.3 Å². The summed E-state index contributed by atoms with van der Waals surface area (Å²) < 4.78 is 123. The summed E-state index contributed by atoms with van der Waals surface area (Å²) in [6.07, 6.45) is 4.05. The second-order valence-corrected chi connectivity index (χ2v) is 20.7. The van der Waals surface area contributed by atoms with Crippen LogP contribution in [0, 0.1) is 0 Å². The van der Waals surface area contributed by atoms with Crippen LogP contribution < -0.4 is 20.1 Å². The number of hydrogen-bond acceptors (Lipinski definition) is 12. The first-order valence-electron chi connectivity index (χ1n) is 19.5. The summed E-state index contributed by atoms with van der Waals surface area (Å²) in [5.41, 5.74) is 7.26. The van der Waals surface area contributed by atoms with Crippen LogP contribution in [0.1, 0.15) is 105 Å². The number of fused-ring (bicyclic) bond motifs is 4. The molecule has 3 aliphatic rings. The molecule has 4 aromatic carbocycles. The van der Waals surface area contributed by atoms with Crippen LogP contribution in [0.2, 0.25) is 0 Å². The minimum absolute atomic E-state index is 0.142. The summed E-state index contributed by atoms with van der Waals surface area (Å²) in [5, 5.41) is 11.6. The molecule has 0 bridgehead atoms. The number of carboxylic acids is 1. The van der Waals surface area contributed by atoms with Crippen molar-refractivity contribution < 1.29 is 61.1 Å². The Balaban J connectivity index is 0.000000890. The average molecular weight is 956 g/mol. The fourth-order valence-corrected chi connectivity index (χ4v) is 10.5. The van der Waals surface area contributed by atoms with Gasteiger partial charge in [-0.25, -0.2) is 9.37 Å². The van der Waals surface area contributed by atoms with Gasteiger partial charge in [0.2, 0.25) is 5.36 Å². The molecule has 0 saturated carbocycles. The normalized spacial score (nSPS) is 16.4. The van der Waals surface area contributed by atoms with Crippen molar-refractivity contribution in [3.05, 3.63) is 140 Å². The van der Waals surface area contributed by atoms with Crippen LogP contribution in [0.15, 0.2) is 89.8 Å². The van der Waals surface area contributed by atoms with E-state index in [1.807, 2.05) is 39.8 Å². The Morgan fingerprint density at radius 1 is 0.750 bits per heavy atom. The molecular weight excluding hydrogens is 909 g/mol. The number of carbonyl (C=O) groups is 1. The van der Waals surface area contributed by atoms with Gasteiger partial charge in [0.25, 0.3) is 20.2 Å². The van der Waals surface area contributed by atoms with Crippen LogP contribution in [-0.4, -0.2) is 85.6 Å². The summed E-state index contributed by atoms with van der Waals surface area (Å²) in [4.78, 5) is 14.0. The van der Waals surface area contributed by atoms with Crippen LogP contribution in [0.3, 0.4) is 0 Å². The van der Waals surface area contributed by atoms with E-state index in [1.54, 1.807) is 42.5 Å². The van der Waals surface area contributed by atoms with Crippen molar-refractivity contribution in [1.82, 2.24) is 4.58 Å². The lowest BCUT2D eigenvalue weighted by molar-refractivity contribution is 0.0696. The second kappa shape index (κ2) is 17.7. The Morgan fingerprint density at radius 2 is 1.33 bits per heavy atom. The fourth-order valence-electron chi connectivity index (χ4n) is 9.15. The fraction of sp³-hybridized carbons (Fsp3) is 0.318. The summed E-state index contributed by atoms with van der Waals surface area (Å²) in [7, 11) is -15.1. The second-order valence-electron chi connectivity index (χ2n) is 17.1. The van der Waals surface area contributed by atoms with Crippen LogP contribution in [0.4, 0.5) is 5.69 Å². The largest absolute Gasteiger partial charge is 0.478 e. The summed E-state index contributed by atoms with van der Waals surface area (Å²) >= 11 is 0. The van der Waals surface area contributed by atoms with Crippen molar-refractivity contribution >= 4 is 69.8 Å². The van der Waals surface area contributed by atoms with E-state index in [9.17, 15) is 35.8 Å². The molecular formula is C44H47N2O14S4+. The highest BCUT2D eigenvalue weighted by Gasteiger charge is 2.41. The van der Waals surface area contributed by atoms with Gasteiger partial charge in [-0.3, -0.25) is 9.11 Å². The number of anilines is 1. The van der Waals surface area contributed by atoms with Crippen LogP contribution in [-0.2, 0) is 53.4 Å². The van der Waals surface area contributed by atoms with E-state index in [-0.39, 0.29) is 17.0 Å². The lowest BCUT2D eigenvalue weighted by Gasteiger charge is -2.45. The number of allylic oxidation sites excluding steroid dienone is 1. The van der Waals surface area contributed by atoms with E-state index in [0.717, 1.165) is 55.2 Å². The molecule has 0 unspecified atom stereocenters. The number of likely N-dealkylation sites (N-methyl/N-ethyl adjacent to an activating group) is 1. The topological polar surface area (TPSA) is 255 Å². The zero-order chi connectivity index (χ0) is 48.1. The minimum Gasteiger partial charge on any atom is -0.478 e. The monoisotopic (exact) mass is 955 g/mol. The maximum atomic E-state index is 12.5. The SMILES string of the molecule is CCN1c2cc3c(cc2C(CS(=O)(=O)O)=CC1(C)C)C(c1ccc(C(=O)O)cc1)=c1cc2c(cc1C3(C)C)=[N+](Cc1ccccc1S(=O)(=O)O)C(C)(C)C=C2C.O=S(=O)=O.O=S(=O)=O. The van der Waals surface area contributed by atoms with E-state index in [2.05, 4.69) is 61.4 Å². The Morgan fingerprint density at radius 3 is 1.86 bits per heavy atom. The van der Waals surface area contributed by atoms with Gasteiger partial charge in [0.1, 0.15) is 10.6 Å². The molecule has 1 aliphatic carbocycles. The number of nitrogens with zero attached hydrogens (tertiary/aromatic N) is 2. The molecule has 0 fully saturated rings. The lowest BCUT2D eigenvalue weighted by Crippen LogP contribution is -2.50. The quantitative estimate of drug-likeness (QED) is 0.165. The maximum absolute atomic E-state index is 12.5. The summed E-state index contributed by atoms with van der Waals surface area (Å²) in [6.45, 7) is 17.4. The number of carboxylic acid groups (broad SMARTS) is 1. The number of benzene rings is 4. The molecule has 0 spiro atoms. The zero-order valence-electron chi connectivity index (χ0n) is 36.1. The van der Waals surface area contributed by atoms with Crippen LogP contribution >= 0.6 is 0 Å². The van der Waals surface area contributed by atoms with Gasteiger partial charge in [0.15, 0.2) is 12.1 Å². The third-order valence-electron chi connectivity index (χ3n) is 11.7. The molecule has 0 atom stereocenters. The average Bonchev–Trinajstić information content (AvgIpc) is 3.14. The number of aromatic carboxylic acids is 1. The molecule has 16 nitrogen and oxygen atoms in total. The van der Waals surface area contributed by atoms with Crippen LogP contribution in [0.25, 0.3) is 16.7 Å². The minimum atomic E-state index is -4.50. The molecule has 3 N–H and O–H groups in total. The lowest BCUT2D eigenvalue weighted by atomic mass is 9.67. The highest BCUT2D eigenvalue weighted by molar-refractivity contribution is 7.86. The number of rotatable bonds is 8. The van der Waals surface area contributed by atoms with E-state index in [4.69, 9.17) is 25.3 Å². The van der Waals surface area contributed by atoms with E-state index in [1.165, 1.54) is 6.07 Å². The van der Waals surface area contributed by atoms with Gasteiger partial charge < -0.3 is 10.0 Å². The predicted molar refractivity (Wildman–Crippen MR) is 239 cm³/mol. The third-order valence-corrected chi connectivity index (χ3v) is 13.3. The van der Waals surface area contributed by atoms with Gasteiger partial charge in [0.05, 0.1) is 11.1 Å². The molecule has 340 valence electrons. The Kier molecular flexibility index (Phi) is 13.7. The number of hydrogen-bond donors (Lipinski definition) is 3. The highest BCUT2D eigenvalue weighted by atomic mass is 32.2. The van der Waals surface area contributed by atoms with Crippen molar-refractivity contribution in [3.8, 4) is 0 Å². The molecule has 0 amide bonds. The van der Waals surface area contributed by atoms with E-state index >= 15 is 0 Å². The highest BCUT2D eigenvalue weighted by Crippen LogP contribution is 2.48. The zero-order valence-corrected chi connectivity index (χ0v) is 39.3. The molecule has 64 heavy (non-hydrogen) atoms. The van der Waals surface area contributed by atoms with Crippen molar-refractivity contribution in [3.63, 3.8) is 0 Å². The van der Waals surface area contributed by atoms with Crippen molar-refractivity contribution in [2.45, 2.75) is 83.3 Å². The first-order chi connectivity index (χ1) is 29.4. The van der Waals surface area contributed by atoms with Gasteiger partial charge in [-0.05, 0) is 114 Å². The van der Waals surface area contributed by atoms with Crippen LogP contribution in [0.5, 0.6) is 0 Å². The van der Waals surface area contributed by atoms with E-state index in [0.29, 0.717) is 23.2 Å². The summed E-state index contributed by atoms with van der Waals surface area (Å²) in [6, 6.07) is 21.7. The van der Waals surface area contributed by atoms with Gasteiger partial charge >= 0.3 is 27.2 Å². The van der Waals surface area contributed by atoms with Crippen molar-refractivity contribution in [2.75, 3.05) is 17.2 Å². The molecule has 20 heteroatoms. The molecule has 0 radical (unpaired) electrons. The van der Waals surface area contributed by atoms with Crippen molar-refractivity contribution in [2.24, 2.45) is 0 Å². The Hall–Kier alpha value is -5.64. The molecule has 7 rings (SSSR count). The van der Waals surface area contributed by atoms with Gasteiger partial charge in [-0.1, -0.05) is 50.3 Å². The molecule has 0 aromatic heterocycles. The molecule has 2 aliphatic heterocycles. The van der Waals surface area contributed by atoms with Gasteiger partial charge in [-0.15, -0.1) is 25.3 Å². The third kappa shape index (κ3) is 10.2. The predicted octanol–water partition coefficient (Wildman–Crippen LogP) is 4.29. The first kappa shape index (κ1) is 49.4. The van der Waals surface area contributed by atoms with Gasteiger partial charge in [-0.2, -0.15) is 16.8 Å². The standard InChI is InChI=1S/C44H46N2O8S2.2O3S/c1-9-45-38-21-36-34(19-32(38)30(23-43(45,5)6)25-55(49,50)51)40(27-14-16-28(17-15-27)41(47)48)33-18-31-26(2)22-42(3,4)46(37(31)20-35(33)44(36,7)8)24-29-12-10-11-13-39(29)56(52,53)54;2*1-4(2)3/h10-23H,9,24-25H2,1-8H3,(H2-,47,48,49,50,51,52,53,54);;/p+1. The molecule has 4 aromatic rings. The first-order valence-corrected chi connectivity index (χ1v) is 24.6. The summed E-state index contributed by atoms with van der Waals surface area (Å²) in [5.74, 6) is -1.59. The van der Waals surface area contributed by atoms with E-state index < -0.39 is 69.7 Å². The van der Waals surface area contributed by atoms with Crippen molar-refractivity contribution in [1.29, 1.82) is 0 Å². The molecule has 0 saturated heterocycles. The maximum Gasteiger partial charge on any atom is 0.425 e. The Bertz CT molecular complexity index is 3240.